The maximum absolute atomic E-state index is 13.9. The summed E-state index contributed by atoms with van der Waals surface area (Å²) in [7, 11) is 3.32. The van der Waals surface area contributed by atoms with Gasteiger partial charge in [-0.2, -0.15) is 0 Å². The van der Waals surface area contributed by atoms with Gasteiger partial charge in [0.2, 0.25) is 0 Å². The molecule has 0 radical (unpaired) electrons. The van der Waals surface area contributed by atoms with E-state index in [0.29, 0.717) is 93.0 Å². The zero-order valence-electron chi connectivity index (χ0n) is 27.2. The predicted octanol–water partition coefficient (Wildman–Crippen LogP) is 7.06. The number of hydrogen-bond donors (Lipinski definition) is 0. The van der Waals surface area contributed by atoms with E-state index < -0.39 is 0 Å². The number of carbonyl (C=O) groups excluding carboxylic acids is 4. The van der Waals surface area contributed by atoms with Crippen LogP contribution in [0.3, 0.4) is 0 Å². The molecule has 0 saturated heterocycles. The fraction of sp³-hybridized carbons (Fsp3) is 0.150. The summed E-state index contributed by atoms with van der Waals surface area (Å²) in [5, 5.41) is 3.23. The summed E-state index contributed by atoms with van der Waals surface area (Å²) in [4.78, 5) is 65.2. The summed E-state index contributed by atoms with van der Waals surface area (Å²) in [6.45, 7) is 0.689. The maximum atomic E-state index is 13.9. The van der Waals surface area contributed by atoms with Crippen molar-refractivity contribution in [3.05, 3.63) is 130 Å². The SMILES string of the molecule is CN(CCc1ccc(F)cc1)C(=O)c1cnc2c3ccc(C=O)c4c(C(=O)N(C)CCc5ccc(F)cc5)cnc(c5ccc(C=O)c1c52)c43. The van der Waals surface area contributed by atoms with Crippen molar-refractivity contribution in [3.8, 4) is 0 Å². The molecule has 0 aliphatic heterocycles. The van der Waals surface area contributed by atoms with Gasteiger partial charge in [-0.3, -0.25) is 29.1 Å². The van der Waals surface area contributed by atoms with E-state index >= 15 is 0 Å². The highest BCUT2D eigenvalue weighted by molar-refractivity contribution is 6.36. The lowest BCUT2D eigenvalue weighted by molar-refractivity contribution is 0.0790. The van der Waals surface area contributed by atoms with Gasteiger partial charge in [-0.05, 0) is 48.2 Å². The van der Waals surface area contributed by atoms with Crippen molar-refractivity contribution in [1.29, 1.82) is 0 Å². The highest BCUT2D eigenvalue weighted by Gasteiger charge is 2.26. The molecule has 5 aromatic carbocycles. The average molecular weight is 669 g/mol. The fourth-order valence-electron chi connectivity index (χ4n) is 6.66. The zero-order valence-corrected chi connectivity index (χ0v) is 27.2. The molecule has 248 valence electrons. The molecular weight excluding hydrogens is 638 g/mol. The van der Waals surface area contributed by atoms with E-state index in [0.717, 1.165) is 11.1 Å². The number of rotatable bonds is 10. The fourth-order valence-corrected chi connectivity index (χ4v) is 6.66. The molecule has 0 N–H and O–H groups in total. The van der Waals surface area contributed by atoms with E-state index in [1.807, 2.05) is 0 Å². The van der Waals surface area contributed by atoms with E-state index in [1.54, 1.807) is 72.4 Å². The molecular formula is C40H30F2N4O4. The number of amides is 2. The second kappa shape index (κ2) is 13.0. The van der Waals surface area contributed by atoms with E-state index in [1.165, 1.54) is 36.7 Å². The molecule has 2 aromatic heterocycles. The summed E-state index contributed by atoms with van der Waals surface area (Å²) in [6.07, 6.45) is 5.32. The molecule has 0 aliphatic rings. The van der Waals surface area contributed by atoms with Crippen LogP contribution in [-0.4, -0.2) is 71.3 Å². The number of nitrogens with zero attached hydrogens (tertiary/aromatic N) is 4. The number of aromatic nitrogens is 2. The first-order valence-corrected chi connectivity index (χ1v) is 16.0. The van der Waals surface area contributed by atoms with Gasteiger partial charge in [0.15, 0.2) is 12.6 Å². The highest BCUT2D eigenvalue weighted by Crippen LogP contribution is 2.42. The number of hydrogen-bond acceptors (Lipinski definition) is 6. The van der Waals surface area contributed by atoms with Gasteiger partial charge in [0, 0.05) is 83.0 Å². The van der Waals surface area contributed by atoms with Crippen LogP contribution in [0.2, 0.25) is 0 Å². The highest BCUT2D eigenvalue weighted by atomic mass is 19.1. The first-order chi connectivity index (χ1) is 24.2. The van der Waals surface area contributed by atoms with Gasteiger partial charge in [-0.15, -0.1) is 0 Å². The van der Waals surface area contributed by atoms with Crippen LogP contribution < -0.4 is 0 Å². The van der Waals surface area contributed by atoms with Crippen molar-refractivity contribution in [3.63, 3.8) is 0 Å². The van der Waals surface area contributed by atoms with Gasteiger partial charge in [-0.1, -0.05) is 48.5 Å². The Morgan fingerprint density at radius 1 is 0.580 bits per heavy atom. The van der Waals surface area contributed by atoms with Crippen molar-refractivity contribution in [2.45, 2.75) is 12.8 Å². The molecule has 2 amide bonds. The predicted molar refractivity (Wildman–Crippen MR) is 188 cm³/mol. The standard InChI is InChI=1S/C40H30F2N4O4/c1-45(17-15-23-3-9-27(41)10-4-23)39(49)31-19-43-37-30-14-8-26(22-48)34-32(40(50)46(2)18-16-24-5-11-28(42)12-6-24)20-44-38(36(30)34)29-13-7-25(21-47)33(31)35(29)37/h3-14,19-22H,15-18H2,1-2H3. The maximum Gasteiger partial charge on any atom is 0.255 e. The lowest BCUT2D eigenvalue weighted by Gasteiger charge is -2.22. The molecule has 0 saturated carbocycles. The summed E-state index contributed by atoms with van der Waals surface area (Å²) < 4.78 is 26.8. The molecule has 7 aromatic rings. The Morgan fingerprint density at radius 3 is 1.32 bits per heavy atom. The van der Waals surface area contributed by atoms with Crippen molar-refractivity contribution >= 4 is 67.7 Å². The van der Waals surface area contributed by atoms with Gasteiger partial charge in [-0.25, -0.2) is 8.78 Å². The van der Waals surface area contributed by atoms with Gasteiger partial charge in [0.1, 0.15) is 11.6 Å². The minimum atomic E-state index is -0.337. The Balaban J connectivity index is 1.34. The van der Waals surface area contributed by atoms with Crippen LogP contribution in [0.15, 0.2) is 85.2 Å². The van der Waals surface area contributed by atoms with Gasteiger partial charge < -0.3 is 9.80 Å². The van der Waals surface area contributed by atoms with Crippen molar-refractivity contribution in [2.24, 2.45) is 0 Å². The molecule has 8 nitrogen and oxygen atoms in total. The first kappa shape index (κ1) is 32.4. The average Bonchev–Trinajstić information content (AvgIpc) is 3.14. The smallest absolute Gasteiger partial charge is 0.255 e. The zero-order chi connectivity index (χ0) is 35.1. The van der Waals surface area contributed by atoms with Crippen LogP contribution in [0.25, 0.3) is 43.4 Å². The largest absolute Gasteiger partial charge is 0.341 e. The number of carbonyl (C=O) groups is 4. The molecule has 7 rings (SSSR count). The van der Waals surface area contributed by atoms with Gasteiger partial charge in [0.05, 0.1) is 22.2 Å². The van der Waals surface area contributed by atoms with Crippen molar-refractivity contribution < 1.29 is 28.0 Å². The van der Waals surface area contributed by atoms with Crippen LogP contribution in [-0.2, 0) is 12.8 Å². The third-order valence-electron chi connectivity index (χ3n) is 9.35. The number of pyridine rings is 2. The Labute approximate surface area is 285 Å². The van der Waals surface area contributed by atoms with Crippen molar-refractivity contribution in [1.82, 2.24) is 19.8 Å². The molecule has 0 atom stereocenters. The third kappa shape index (κ3) is 5.58. The van der Waals surface area contributed by atoms with Crippen LogP contribution in [0.1, 0.15) is 52.6 Å². The van der Waals surface area contributed by atoms with Crippen LogP contribution in [0.4, 0.5) is 8.78 Å². The minimum absolute atomic E-state index is 0.244. The monoisotopic (exact) mass is 668 g/mol. The Hall–Kier alpha value is -6.16. The van der Waals surface area contributed by atoms with Crippen LogP contribution >= 0.6 is 0 Å². The van der Waals surface area contributed by atoms with Crippen LogP contribution in [0.5, 0.6) is 0 Å². The number of likely N-dealkylation sites (N-methyl/N-ethyl adjacent to an activating group) is 2. The van der Waals surface area contributed by atoms with E-state index in [-0.39, 0.29) is 34.6 Å². The summed E-state index contributed by atoms with van der Waals surface area (Å²) in [6, 6.07) is 19.0. The third-order valence-corrected chi connectivity index (χ3v) is 9.35. The number of halogens is 2. The molecule has 10 heteroatoms. The summed E-state index contributed by atoms with van der Waals surface area (Å²) in [5.74, 6) is -1.35. The first-order valence-electron chi connectivity index (χ1n) is 16.0. The Morgan fingerprint density at radius 2 is 0.960 bits per heavy atom. The molecule has 0 spiro atoms. The summed E-state index contributed by atoms with van der Waals surface area (Å²) >= 11 is 0. The molecule has 0 bridgehead atoms. The van der Waals surface area contributed by atoms with Gasteiger partial charge >= 0.3 is 0 Å². The Kier molecular flexibility index (Phi) is 8.45. The molecule has 0 fully saturated rings. The molecule has 50 heavy (non-hydrogen) atoms. The Bertz CT molecular complexity index is 2270. The minimum Gasteiger partial charge on any atom is -0.341 e. The number of fused-ring (bicyclic) bond motifs is 2. The number of aldehydes is 2. The second-order valence-corrected chi connectivity index (χ2v) is 12.4. The normalized spacial score (nSPS) is 11.4. The van der Waals surface area contributed by atoms with E-state index in [4.69, 9.17) is 9.97 Å². The van der Waals surface area contributed by atoms with Gasteiger partial charge in [0.25, 0.3) is 11.8 Å². The quantitative estimate of drug-likeness (QED) is 0.0879. The molecule has 0 aliphatic carbocycles. The van der Waals surface area contributed by atoms with E-state index in [9.17, 15) is 28.0 Å². The topological polar surface area (TPSA) is 101 Å². The molecule has 0 unspecified atom stereocenters. The van der Waals surface area contributed by atoms with Crippen LogP contribution in [0, 0.1) is 11.6 Å². The summed E-state index contributed by atoms with van der Waals surface area (Å²) in [5.41, 5.74) is 3.84. The number of benzene rings is 5. The second-order valence-electron chi connectivity index (χ2n) is 12.4. The van der Waals surface area contributed by atoms with Crippen molar-refractivity contribution in [2.75, 3.05) is 27.2 Å². The lowest BCUT2D eigenvalue weighted by atomic mass is 9.89. The van der Waals surface area contributed by atoms with E-state index in [2.05, 4.69) is 0 Å². The molecule has 2 heterocycles. The lowest BCUT2D eigenvalue weighted by Crippen LogP contribution is -2.29.